The van der Waals surface area contributed by atoms with Gasteiger partial charge in [-0.05, 0) is 43.1 Å². The lowest BCUT2D eigenvalue weighted by molar-refractivity contribution is 0.0960. The molecule has 1 aliphatic heterocycles. The van der Waals surface area contributed by atoms with Gasteiger partial charge in [0.1, 0.15) is 23.4 Å². The Labute approximate surface area is 235 Å². The molecule has 2 N–H and O–H groups in total. The molecule has 0 saturated heterocycles. The normalized spacial score (nSPS) is 15.5. The first-order chi connectivity index (χ1) is 19.7. The van der Waals surface area contributed by atoms with Crippen LogP contribution in [0.25, 0.3) is 21.9 Å². The van der Waals surface area contributed by atoms with Crippen LogP contribution < -0.4 is 24.2 Å². The summed E-state index contributed by atoms with van der Waals surface area (Å²) in [4.78, 5) is 32.3. The van der Waals surface area contributed by atoms with Gasteiger partial charge in [0.05, 0.1) is 50.9 Å². The number of amides is 2. The highest BCUT2D eigenvalue weighted by Crippen LogP contribution is 2.37. The number of carbonyl (C=O) groups is 2. The van der Waals surface area contributed by atoms with Crippen LogP contribution in [0.4, 0.5) is 0 Å². The second-order valence-electron chi connectivity index (χ2n) is 8.88. The highest BCUT2D eigenvalue weighted by Gasteiger charge is 2.26. The first-order valence-electron chi connectivity index (χ1n) is 12.2. The van der Waals surface area contributed by atoms with Crippen LogP contribution in [0.1, 0.15) is 26.5 Å². The SMILES string of the molecule is C=S1(=O)NC(=O)c2ccccc21.CNC(=O)c1c(C)oc2cc(Oc3ncnc4cc(OC)c(OC)cc34)ccc12. The standard InChI is InChI=1S/C21H19N3O5.C8H7NO2S/c1-11-19(20(25)22-2)13-6-5-12(7-16(13)28-11)29-21-14-8-17(26-3)18(27-4)9-15(14)23-10-24-21;1-12(11)7-5-3-2-4-6(7)8(10)9-12/h5-10H,1-4H3,(H,22,25);2-5H,1H2,(H,9,10,11). The number of rotatable bonds is 5. The highest BCUT2D eigenvalue weighted by molar-refractivity contribution is 7.99. The van der Waals surface area contributed by atoms with Crippen molar-refractivity contribution in [1.82, 2.24) is 20.0 Å². The van der Waals surface area contributed by atoms with Crippen LogP contribution in [-0.2, 0) is 9.71 Å². The number of hydrogen-bond acceptors (Lipinski definition) is 9. The number of carbonyl (C=O) groups excluding carboxylic acids is 2. The molecule has 210 valence electrons. The molecule has 3 heterocycles. The smallest absolute Gasteiger partial charge is 0.263 e. The highest BCUT2D eigenvalue weighted by atomic mass is 32.2. The molecule has 0 saturated carbocycles. The zero-order chi connectivity index (χ0) is 29.3. The van der Waals surface area contributed by atoms with Gasteiger partial charge in [-0.25, -0.2) is 14.2 Å². The van der Waals surface area contributed by atoms with Crippen molar-refractivity contribution in [2.75, 3.05) is 21.3 Å². The summed E-state index contributed by atoms with van der Waals surface area (Å²) in [5.74, 6) is 5.50. The minimum absolute atomic E-state index is 0.197. The van der Waals surface area contributed by atoms with Crippen molar-refractivity contribution >= 4 is 49.3 Å². The van der Waals surface area contributed by atoms with Gasteiger partial charge in [0.25, 0.3) is 11.8 Å². The van der Waals surface area contributed by atoms with E-state index in [0.29, 0.717) is 66.8 Å². The van der Waals surface area contributed by atoms with Gasteiger partial charge in [-0.2, -0.15) is 0 Å². The first kappa shape index (κ1) is 27.5. The van der Waals surface area contributed by atoms with Gasteiger partial charge in [-0.1, -0.05) is 12.1 Å². The van der Waals surface area contributed by atoms with E-state index < -0.39 is 9.71 Å². The summed E-state index contributed by atoms with van der Waals surface area (Å²) < 4.78 is 36.3. The Bertz CT molecular complexity index is 1930. The number of furan rings is 1. The third kappa shape index (κ3) is 5.12. The molecule has 12 heteroatoms. The van der Waals surface area contributed by atoms with E-state index in [1.807, 2.05) is 0 Å². The van der Waals surface area contributed by atoms with Crippen LogP contribution in [0.15, 0.2) is 70.2 Å². The molecular formula is C29H26N4O7S. The average molecular weight is 575 g/mol. The van der Waals surface area contributed by atoms with Crippen molar-refractivity contribution in [2.24, 2.45) is 0 Å². The van der Waals surface area contributed by atoms with E-state index in [4.69, 9.17) is 18.6 Å². The number of aromatic nitrogens is 2. The Morgan fingerprint density at radius 2 is 1.76 bits per heavy atom. The molecule has 0 fully saturated rings. The molecule has 2 amide bonds. The number of aryl methyl sites for hydroxylation is 1. The number of benzene rings is 3. The largest absolute Gasteiger partial charge is 0.493 e. The van der Waals surface area contributed by atoms with Gasteiger partial charge in [0, 0.05) is 24.6 Å². The van der Waals surface area contributed by atoms with E-state index in [9.17, 15) is 13.8 Å². The van der Waals surface area contributed by atoms with Crippen LogP contribution in [0.3, 0.4) is 0 Å². The Balaban J connectivity index is 0.000000234. The monoisotopic (exact) mass is 574 g/mol. The summed E-state index contributed by atoms with van der Waals surface area (Å²) in [7, 11) is 2.16. The van der Waals surface area contributed by atoms with Gasteiger partial charge >= 0.3 is 0 Å². The number of nitrogens with zero attached hydrogens (tertiary/aromatic N) is 2. The maximum atomic E-state index is 12.1. The first-order valence-corrected chi connectivity index (χ1v) is 14.0. The fourth-order valence-electron chi connectivity index (χ4n) is 4.42. The van der Waals surface area contributed by atoms with E-state index in [0.717, 1.165) is 0 Å². The number of nitrogens with one attached hydrogen (secondary N) is 2. The minimum Gasteiger partial charge on any atom is -0.493 e. The van der Waals surface area contributed by atoms with Gasteiger partial charge in [0.2, 0.25) is 5.88 Å². The van der Waals surface area contributed by atoms with Crippen LogP contribution >= 0.6 is 0 Å². The molecule has 3 aromatic carbocycles. The summed E-state index contributed by atoms with van der Waals surface area (Å²) in [6.45, 7) is 1.75. The summed E-state index contributed by atoms with van der Waals surface area (Å²) in [5.41, 5.74) is 2.19. The third-order valence-corrected chi connectivity index (χ3v) is 7.94. The number of methoxy groups -OCH3 is 2. The lowest BCUT2D eigenvalue weighted by Gasteiger charge is -2.11. The van der Waals surface area contributed by atoms with Crippen molar-refractivity contribution in [3.63, 3.8) is 0 Å². The Kier molecular flexibility index (Phi) is 7.24. The second kappa shape index (κ2) is 10.8. The Morgan fingerprint density at radius 1 is 1.02 bits per heavy atom. The van der Waals surface area contributed by atoms with Crippen LogP contribution in [0.5, 0.6) is 23.1 Å². The summed E-state index contributed by atoms with van der Waals surface area (Å²) >= 11 is 0. The lowest BCUT2D eigenvalue weighted by Crippen LogP contribution is -2.20. The van der Waals surface area contributed by atoms with Crippen molar-refractivity contribution in [1.29, 1.82) is 0 Å². The summed E-state index contributed by atoms with van der Waals surface area (Å²) in [5, 5.41) is 4.01. The zero-order valence-electron chi connectivity index (χ0n) is 22.6. The number of ether oxygens (including phenoxy) is 3. The minimum atomic E-state index is -2.55. The zero-order valence-corrected chi connectivity index (χ0v) is 23.5. The number of hydrogen-bond donors (Lipinski definition) is 2. The van der Waals surface area contributed by atoms with E-state index in [1.165, 1.54) is 6.33 Å². The quantitative estimate of drug-likeness (QED) is 0.294. The molecule has 0 radical (unpaired) electrons. The fourth-order valence-corrected chi connectivity index (χ4v) is 5.76. The summed E-state index contributed by atoms with van der Waals surface area (Å²) in [6, 6.07) is 15.6. The van der Waals surface area contributed by atoms with E-state index in [-0.39, 0.29) is 11.8 Å². The van der Waals surface area contributed by atoms with Gasteiger partial charge in [0.15, 0.2) is 11.5 Å². The number of fused-ring (bicyclic) bond motifs is 3. The molecule has 1 atom stereocenters. The molecule has 41 heavy (non-hydrogen) atoms. The predicted octanol–water partition coefficient (Wildman–Crippen LogP) is 4.27. The van der Waals surface area contributed by atoms with Crippen LogP contribution in [0, 0.1) is 6.92 Å². The van der Waals surface area contributed by atoms with E-state index in [2.05, 4.69) is 25.9 Å². The molecule has 2 aromatic heterocycles. The molecule has 1 unspecified atom stereocenters. The fraction of sp³-hybridized carbons (Fsp3) is 0.138. The molecular weight excluding hydrogens is 548 g/mol. The van der Waals surface area contributed by atoms with Gasteiger partial charge in [-0.15, -0.1) is 0 Å². The summed E-state index contributed by atoms with van der Waals surface area (Å²) in [6.07, 6.45) is 1.42. The molecule has 11 nitrogen and oxygen atoms in total. The molecule has 0 spiro atoms. The predicted molar refractivity (Wildman–Crippen MR) is 154 cm³/mol. The maximum absolute atomic E-state index is 12.1. The van der Waals surface area contributed by atoms with Gasteiger partial charge < -0.3 is 23.9 Å². The Hall–Kier alpha value is -5.10. The molecule has 5 aromatic rings. The molecule has 6 rings (SSSR count). The third-order valence-electron chi connectivity index (χ3n) is 6.35. The van der Waals surface area contributed by atoms with E-state index >= 15 is 0 Å². The van der Waals surface area contributed by atoms with E-state index in [1.54, 1.807) is 82.8 Å². The van der Waals surface area contributed by atoms with Crippen LogP contribution in [0.2, 0.25) is 0 Å². The second-order valence-corrected chi connectivity index (χ2v) is 10.9. The van der Waals surface area contributed by atoms with Crippen LogP contribution in [-0.4, -0.2) is 53.1 Å². The van der Waals surface area contributed by atoms with Crippen molar-refractivity contribution < 1.29 is 32.4 Å². The molecule has 0 aliphatic carbocycles. The Morgan fingerprint density at radius 3 is 2.46 bits per heavy atom. The maximum Gasteiger partial charge on any atom is 0.263 e. The van der Waals surface area contributed by atoms with Crippen molar-refractivity contribution in [3.8, 4) is 23.1 Å². The lowest BCUT2D eigenvalue weighted by atomic mass is 10.1. The van der Waals surface area contributed by atoms with Crippen molar-refractivity contribution in [2.45, 2.75) is 11.8 Å². The van der Waals surface area contributed by atoms with Crippen molar-refractivity contribution in [3.05, 3.63) is 77.8 Å². The average Bonchev–Trinajstić information content (AvgIpc) is 3.43. The topological polar surface area (TPSA) is 142 Å². The molecule has 0 bridgehead atoms. The van der Waals surface area contributed by atoms with Gasteiger partial charge in [-0.3, -0.25) is 14.3 Å². The molecule has 1 aliphatic rings.